The quantitative estimate of drug-likeness (QED) is 0.229. The molecule has 4 nitrogen and oxygen atoms in total. The van der Waals surface area contributed by atoms with Gasteiger partial charge in [-0.2, -0.15) is 5.10 Å². The van der Waals surface area contributed by atoms with E-state index in [1.165, 1.54) is 18.0 Å². The number of halogens is 2. The molecular weight excluding hydrogens is 428 g/mol. The van der Waals surface area contributed by atoms with Gasteiger partial charge in [0, 0.05) is 30.8 Å². The number of anilines is 1. The molecule has 0 aliphatic carbocycles. The monoisotopic (exact) mass is 455 g/mol. The lowest BCUT2D eigenvalue weighted by Crippen LogP contribution is -2.23. The molecule has 3 rings (SSSR count). The zero-order valence-electron chi connectivity index (χ0n) is 18.4. The molecular formula is C25H27F2N3OS. The number of aromatic hydroxyl groups is 1. The molecule has 168 valence electrons. The summed E-state index contributed by atoms with van der Waals surface area (Å²) in [6, 6.07) is 17.9. The highest BCUT2D eigenvalue weighted by atomic mass is 32.2. The number of hydrogen-bond acceptors (Lipinski definition) is 5. The Kier molecular flexibility index (Phi) is 8.11. The van der Waals surface area contributed by atoms with Crippen molar-refractivity contribution in [2.75, 3.05) is 17.9 Å². The van der Waals surface area contributed by atoms with Gasteiger partial charge in [-0.1, -0.05) is 24.3 Å². The number of hydrazone groups is 1. The molecule has 1 atom stereocenters. The minimum Gasteiger partial charge on any atom is -0.508 e. The second-order valence-electron chi connectivity index (χ2n) is 7.39. The molecule has 1 unspecified atom stereocenters. The molecule has 0 saturated carbocycles. The number of phenolic OH excluding ortho intramolecular Hbond substituents is 1. The Labute approximate surface area is 192 Å². The summed E-state index contributed by atoms with van der Waals surface area (Å²) < 4.78 is 30.7. The van der Waals surface area contributed by atoms with Crippen LogP contribution in [0, 0.1) is 11.6 Å². The highest BCUT2D eigenvalue weighted by Gasteiger charge is 2.23. The van der Waals surface area contributed by atoms with E-state index >= 15 is 0 Å². The normalized spacial score (nSPS) is 12.2. The van der Waals surface area contributed by atoms with Crippen LogP contribution in [-0.2, 0) is 6.42 Å². The summed E-state index contributed by atoms with van der Waals surface area (Å²) in [6.45, 7) is 4.58. The average Bonchev–Trinajstić information content (AvgIpc) is 2.79. The summed E-state index contributed by atoms with van der Waals surface area (Å²) in [7, 11) is 1.92. The number of likely N-dealkylation sites (N-methyl/N-ethyl adjacent to an activating group) is 1. The van der Waals surface area contributed by atoms with E-state index in [-0.39, 0.29) is 17.5 Å². The van der Waals surface area contributed by atoms with E-state index < -0.39 is 11.6 Å². The van der Waals surface area contributed by atoms with Crippen molar-refractivity contribution in [1.82, 2.24) is 5.01 Å². The first-order valence-corrected chi connectivity index (χ1v) is 11.1. The van der Waals surface area contributed by atoms with E-state index in [1.54, 1.807) is 34.8 Å². The van der Waals surface area contributed by atoms with Gasteiger partial charge in [-0.05, 0) is 79.7 Å². The van der Waals surface area contributed by atoms with Crippen molar-refractivity contribution in [3.63, 3.8) is 0 Å². The van der Waals surface area contributed by atoms with Crippen LogP contribution in [0.2, 0.25) is 0 Å². The van der Waals surface area contributed by atoms with Crippen LogP contribution in [-0.4, -0.2) is 29.9 Å². The fourth-order valence-corrected chi connectivity index (χ4v) is 4.44. The molecule has 3 aromatic rings. The summed E-state index contributed by atoms with van der Waals surface area (Å²) in [5, 5.41) is 15.7. The summed E-state index contributed by atoms with van der Waals surface area (Å²) in [5.74, 6) is -0.855. The van der Waals surface area contributed by atoms with Gasteiger partial charge in [0.15, 0.2) is 0 Å². The number of phenols is 1. The van der Waals surface area contributed by atoms with Crippen molar-refractivity contribution in [2.24, 2.45) is 5.10 Å². The summed E-state index contributed by atoms with van der Waals surface area (Å²) in [4.78, 5) is 0.799. The van der Waals surface area contributed by atoms with Crippen LogP contribution in [0.25, 0.3) is 0 Å². The van der Waals surface area contributed by atoms with E-state index in [0.717, 1.165) is 41.1 Å². The van der Waals surface area contributed by atoms with Crippen LogP contribution in [0.15, 0.2) is 76.7 Å². The molecule has 0 radical (unpaired) electrons. The molecule has 0 fully saturated rings. The van der Waals surface area contributed by atoms with Crippen LogP contribution >= 0.6 is 11.9 Å². The zero-order chi connectivity index (χ0) is 23.1. The number of hydrogen-bond donors (Lipinski definition) is 1. The third-order valence-corrected chi connectivity index (χ3v) is 6.25. The molecule has 0 amide bonds. The Balaban J connectivity index is 1.97. The second kappa shape index (κ2) is 11.0. The highest BCUT2D eigenvalue weighted by molar-refractivity contribution is 8.00. The Morgan fingerprint density at radius 2 is 1.78 bits per heavy atom. The van der Waals surface area contributed by atoms with Gasteiger partial charge in [0.25, 0.3) is 0 Å². The number of nitrogens with zero attached hydrogens (tertiary/aromatic N) is 3. The van der Waals surface area contributed by atoms with Crippen LogP contribution in [0.5, 0.6) is 5.75 Å². The average molecular weight is 456 g/mol. The van der Waals surface area contributed by atoms with Gasteiger partial charge in [0.1, 0.15) is 17.4 Å². The van der Waals surface area contributed by atoms with Crippen LogP contribution in [0.1, 0.15) is 31.0 Å². The third-order valence-electron chi connectivity index (χ3n) is 5.06. The van der Waals surface area contributed by atoms with E-state index in [1.807, 2.05) is 44.1 Å². The predicted octanol–water partition coefficient (Wildman–Crippen LogP) is 6.43. The van der Waals surface area contributed by atoms with Crippen molar-refractivity contribution in [3.05, 3.63) is 89.5 Å². The van der Waals surface area contributed by atoms with Crippen molar-refractivity contribution in [2.45, 2.75) is 31.2 Å². The van der Waals surface area contributed by atoms with Crippen LogP contribution < -0.4 is 4.31 Å². The van der Waals surface area contributed by atoms with Gasteiger partial charge in [0.2, 0.25) is 0 Å². The molecule has 0 aliphatic heterocycles. The molecule has 7 heteroatoms. The van der Waals surface area contributed by atoms with Crippen LogP contribution in [0.3, 0.4) is 0 Å². The van der Waals surface area contributed by atoms with Gasteiger partial charge in [-0.25, -0.2) is 8.78 Å². The molecule has 0 heterocycles. The SMILES string of the molecule is C/C=N\N(C)CCc1ccccc1C(C)N(Sc1ccc(O)cc1)c1cc(F)ccc1F. The topological polar surface area (TPSA) is 39.1 Å². The standard InChI is InChI=1S/C25H27F2N3OS/c1-4-28-29(3)16-15-19-7-5-6-8-23(19)18(2)30(25-17-20(26)9-14-24(25)27)32-22-12-10-21(31)11-13-22/h4-14,17-18,31H,15-16H2,1-3H3/b28-4-. The first kappa shape index (κ1) is 23.6. The van der Waals surface area contributed by atoms with Crippen molar-refractivity contribution in [3.8, 4) is 5.75 Å². The van der Waals surface area contributed by atoms with E-state index in [9.17, 15) is 13.9 Å². The van der Waals surface area contributed by atoms with E-state index in [4.69, 9.17) is 0 Å². The highest BCUT2D eigenvalue weighted by Crippen LogP contribution is 2.40. The second-order valence-corrected chi connectivity index (χ2v) is 8.43. The largest absolute Gasteiger partial charge is 0.508 e. The van der Waals surface area contributed by atoms with Gasteiger partial charge in [0.05, 0.1) is 11.7 Å². The third kappa shape index (κ3) is 6.01. The Hall–Kier alpha value is -3.06. The maximum atomic E-state index is 14.8. The molecule has 0 saturated heterocycles. The van der Waals surface area contributed by atoms with Gasteiger partial charge in [-0.3, -0.25) is 0 Å². The molecule has 1 N–H and O–H groups in total. The van der Waals surface area contributed by atoms with Gasteiger partial charge in [-0.15, -0.1) is 0 Å². The number of benzene rings is 3. The van der Waals surface area contributed by atoms with Crippen molar-refractivity contribution < 1.29 is 13.9 Å². The van der Waals surface area contributed by atoms with Crippen molar-refractivity contribution in [1.29, 1.82) is 0 Å². The molecule has 0 spiro atoms. The van der Waals surface area contributed by atoms with Crippen molar-refractivity contribution >= 4 is 23.8 Å². The lowest BCUT2D eigenvalue weighted by Gasteiger charge is -2.32. The Bertz CT molecular complexity index is 1060. The van der Waals surface area contributed by atoms with Gasteiger partial charge < -0.3 is 14.4 Å². The Morgan fingerprint density at radius 3 is 2.50 bits per heavy atom. The minimum absolute atomic E-state index is 0.148. The fourth-order valence-electron chi connectivity index (χ4n) is 3.44. The first-order chi connectivity index (χ1) is 15.4. The summed E-state index contributed by atoms with van der Waals surface area (Å²) in [6.07, 6.45) is 2.51. The first-order valence-electron chi connectivity index (χ1n) is 10.4. The maximum Gasteiger partial charge on any atom is 0.147 e. The van der Waals surface area contributed by atoms with Gasteiger partial charge >= 0.3 is 0 Å². The predicted molar refractivity (Wildman–Crippen MR) is 128 cm³/mol. The lowest BCUT2D eigenvalue weighted by atomic mass is 9.98. The smallest absolute Gasteiger partial charge is 0.147 e. The summed E-state index contributed by atoms with van der Waals surface area (Å²) in [5.41, 5.74) is 2.31. The lowest BCUT2D eigenvalue weighted by molar-refractivity contribution is 0.360. The Morgan fingerprint density at radius 1 is 1.06 bits per heavy atom. The summed E-state index contributed by atoms with van der Waals surface area (Å²) >= 11 is 1.30. The fraction of sp³-hybridized carbons (Fsp3) is 0.240. The molecule has 3 aromatic carbocycles. The van der Waals surface area contributed by atoms with E-state index in [0.29, 0.717) is 0 Å². The maximum absolute atomic E-state index is 14.8. The van der Waals surface area contributed by atoms with E-state index in [2.05, 4.69) is 11.2 Å². The number of rotatable bonds is 9. The molecule has 0 bridgehead atoms. The zero-order valence-corrected chi connectivity index (χ0v) is 19.2. The molecule has 0 aromatic heterocycles. The minimum atomic E-state index is -0.503. The molecule has 0 aliphatic rings. The van der Waals surface area contributed by atoms with Crippen LogP contribution in [0.4, 0.5) is 14.5 Å². The molecule has 32 heavy (non-hydrogen) atoms.